The summed E-state index contributed by atoms with van der Waals surface area (Å²) >= 11 is 6.29. The summed E-state index contributed by atoms with van der Waals surface area (Å²) < 4.78 is 1.81. The Hall–Kier alpha value is -3.16. The van der Waals surface area contributed by atoms with Crippen LogP contribution < -0.4 is 11.1 Å². The van der Waals surface area contributed by atoms with Crippen LogP contribution in [0.3, 0.4) is 0 Å². The number of hydrogen-bond donors (Lipinski definition) is 2. The lowest BCUT2D eigenvalue weighted by Crippen LogP contribution is -2.40. The summed E-state index contributed by atoms with van der Waals surface area (Å²) in [5, 5.41) is 8.23. The standard InChI is InChI=1S/C26H30ClN5O2/c1-17-24(18(2)32(30-17)16-20-6-3-4-8-23(20)27)26(34)29-22-11-9-19(10-12-22)14-31-13-5-7-21(15-31)25(28)33/h3-4,6,8-12,21H,5,7,13-16H2,1-2H3,(H2,28,33)(H,29,34). The monoisotopic (exact) mass is 479 g/mol. The van der Waals surface area contributed by atoms with E-state index in [0.29, 0.717) is 29.4 Å². The van der Waals surface area contributed by atoms with Crippen LogP contribution in [0.4, 0.5) is 5.69 Å². The van der Waals surface area contributed by atoms with Crippen LogP contribution in [0, 0.1) is 19.8 Å². The predicted molar refractivity (Wildman–Crippen MR) is 134 cm³/mol. The van der Waals surface area contributed by atoms with E-state index in [2.05, 4.69) is 15.3 Å². The number of carbonyl (C=O) groups excluding carboxylic acids is 2. The van der Waals surface area contributed by atoms with Crippen LogP contribution in [0.1, 0.15) is 45.7 Å². The summed E-state index contributed by atoms with van der Waals surface area (Å²) in [5.41, 5.74) is 10.3. The van der Waals surface area contributed by atoms with Gasteiger partial charge in [0.1, 0.15) is 0 Å². The molecule has 1 atom stereocenters. The van der Waals surface area contributed by atoms with Gasteiger partial charge in [-0.05, 0) is 62.6 Å². The Morgan fingerprint density at radius 2 is 1.85 bits per heavy atom. The number of aryl methyl sites for hydroxylation is 1. The highest BCUT2D eigenvalue weighted by Gasteiger charge is 2.24. The van der Waals surface area contributed by atoms with Crippen LogP contribution in [0.25, 0.3) is 0 Å². The van der Waals surface area contributed by atoms with Gasteiger partial charge in [0.05, 0.1) is 23.7 Å². The number of anilines is 1. The largest absolute Gasteiger partial charge is 0.369 e. The number of rotatable bonds is 7. The second kappa shape index (κ2) is 10.4. The van der Waals surface area contributed by atoms with E-state index in [1.807, 2.05) is 67.1 Å². The third-order valence-corrected chi connectivity index (χ3v) is 6.78. The maximum absolute atomic E-state index is 13.0. The number of piperidine rings is 1. The van der Waals surface area contributed by atoms with Crippen LogP contribution in [0.2, 0.25) is 5.02 Å². The van der Waals surface area contributed by atoms with E-state index in [1.54, 1.807) is 0 Å². The number of nitrogens with one attached hydrogen (secondary N) is 1. The number of benzene rings is 2. The molecule has 0 spiro atoms. The van der Waals surface area contributed by atoms with E-state index in [4.69, 9.17) is 17.3 Å². The predicted octanol–water partition coefficient (Wildman–Crippen LogP) is 4.15. The minimum Gasteiger partial charge on any atom is -0.369 e. The van der Waals surface area contributed by atoms with E-state index < -0.39 is 0 Å². The molecule has 0 bridgehead atoms. The lowest BCUT2D eigenvalue weighted by molar-refractivity contribution is -0.123. The molecule has 8 heteroatoms. The van der Waals surface area contributed by atoms with Gasteiger partial charge in [-0.3, -0.25) is 19.2 Å². The Labute approximate surface area is 204 Å². The van der Waals surface area contributed by atoms with Gasteiger partial charge in [0.25, 0.3) is 5.91 Å². The topological polar surface area (TPSA) is 93.2 Å². The molecule has 1 saturated heterocycles. The SMILES string of the molecule is Cc1nn(Cc2ccccc2Cl)c(C)c1C(=O)Nc1ccc(CN2CCCC(C(N)=O)C2)cc1. The van der Waals surface area contributed by atoms with Crippen molar-refractivity contribution in [3.05, 3.63) is 81.6 Å². The number of hydrogen-bond acceptors (Lipinski definition) is 4. The number of carbonyl (C=O) groups is 2. The Bertz CT molecular complexity index is 1190. The Morgan fingerprint density at radius 1 is 1.12 bits per heavy atom. The van der Waals surface area contributed by atoms with Crippen molar-refractivity contribution in [3.63, 3.8) is 0 Å². The molecule has 1 fully saturated rings. The summed E-state index contributed by atoms with van der Waals surface area (Å²) in [4.78, 5) is 26.8. The van der Waals surface area contributed by atoms with Crippen molar-refractivity contribution in [3.8, 4) is 0 Å². The molecule has 2 aromatic carbocycles. The molecule has 34 heavy (non-hydrogen) atoms. The van der Waals surface area contributed by atoms with E-state index >= 15 is 0 Å². The van der Waals surface area contributed by atoms with E-state index in [0.717, 1.165) is 48.4 Å². The van der Waals surface area contributed by atoms with Gasteiger partial charge in [-0.1, -0.05) is 41.9 Å². The molecule has 2 heterocycles. The molecule has 1 aromatic heterocycles. The van der Waals surface area contributed by atoms with Crippen LogP contribution in [0.15, 0.2) is 48.5 Å². The van der Waals surface area contributed by atoms with Gasteiger partial charge in [-0.15, -0.1) is 0 Å². The summed E-state index contributed by atoms with van der Waals surface area (Å²) in [6.07, 6.45) is 1.84. The molecule has 3 aromatic rings. The molecular weight excluding hydrogens is 450 g/mol. The second-order valence-corrected chi connectivity index (χ2v) is 9.33. The molecule has 0 saturated carbocycles. The number of likely N-dealkylation sites (tertiary alicyclic amines) is 1. The molecule has 4 rings (SSSR count). The molecule has 2 amide bonds. The van der Waals surface area contributed by atoms with Gasteiger partial charge < -0.3 is 11.1 Å². The first kappa shape index (κ1) is 24.0. The maximum Gasteiger partial charge on any atom is 0.259 e. The first-order valence-electron chi connectivity index (χ1n) is 11.5. The van der Waals surface area contributed by atoms with Gasteiger partial charge >= 0.3 is 0 Å². The van der Waals surface area contributed by atoms with Crippen molar-refractivity contribution in [2.45, 2.75) is 39.8 Å². The highest BCUT2D eigenvalue weighted by molar-refractivity contribution is 6.31. The van der Waals surface area contributed by atoms with Crippen molar-refractivity contribution in [1.82, 2.24) is 14.7 Å². The zero-order valence-electron chi connectivity index (χ0n) is 19.6. The van der Waals surface area contributed by atoms with Gasteiger partial charge in [0.2, 0.25) is 5.91 Å². The van der Waals surface area contributed by atoms with Crippen LogP contribution in [0.5, 0.6) is 0 Å². The van der Waals surface area contributed by atoms with Crippen molar-refractivity contribution >= 4 is 29.1 Å². The normalized spacial score (nSPS) is 16.4. The van der Waals surface area contributed by atoms with Gasteiger partial charge in [-0.25, -0.2) is 0 Å². The number of aromatic nitrogens is 2. The van der Waals surface area contributed by atoms with Crippen LogP contribution >= 0.6 is 11.6 Å². The first-order chi connectivity index (χ1) is 16.3. The van der Waals surface area contributed by atoms with E-state index in [1.165, 1.54) is 0 Å². The fraction of sp³-hybridized carbons (Fsp3) is 0.346. The number of nitrogens with two attached hydrogens (primary N) is 1. The summed E-state index contributed by atoms with van der Waals surface area (Å²) in [6, 6.07) is 15.4. The summed E-state index contributed by atoms with van der Waals surface area (Å²) in [7, 11) is 0. The zero-order chi connectivity index (χ0) is 24.2. The summed E-state index contributed by atoms with van der Waals surface area (Å²) in [5.74, 6) is -0.477. The van der Waals surface area contributed by atoms with Crippen molar-refractivity contribution < 1.29 is 9.59 Å². The molecule has 1 unspecified atom stereocenters. The Kier molecular flexibility index (Phi) is 7.34. The fourth-order valence-corrected chi connectivity index (χ4v) is 4.74. The van der Waals surface area contributed by atoms with Gasteiger partial charge in [-0.2, -0.15) is 5.10 Å². The summed E-state index contributed by atoms with van der Waals surface area (Å²) in [6.45, 7) is 6.65. The van der Waals surface area contributed by atoms with Crippen molar-refractivity contribution in [2.24, 2.45) is 11.7 Å². The molecule has 0 radical (unpaired) electrons. The van der Waals surface area contributed by atoms with Crippen LogP contribution in [-0.2, 0) is 17.9 Å². The minimum atomic E-state index is -0.219. The van der Waals surface area contributed by atoms with Crippen LogP contribution in [-0.4, -0.2) is 39.6 Å². The average Bonchev–Trinajstić information content (AvgIpc) is 3.09. The number of primary amides is 1. The highest BCUT2D eigenvalue weighted by Crippen LogP contribution is 2.22. The third kappa shape index (κ3) is 5.48. The smallest absolute Gasteiger partial charge is 0.259 e. The number of halogens is 1. The quantitative estimate of drug-likeness (QED) is 0.532. The van der Waals surface area contributed by atoms with E-state index in [9.17, 15) is 9.59 Å². The molecular formula is C26H30ClN5O2. The lowest BCUT2D eigenvalue weighted by Gasteiger charge is -2.31. The minimum absolute atomic E-state index is 0.0716. The average molecular weight is 480 g/mol. The van der Waals surface area contributed by atoms with E-state index in [-0.39, 0.29) is 17.7 Å². The van der Waals surface area contributed by atoms with Crippen molar-refractivity contribution in [2.75, 3.05) is 18.4 Å². The van der Waals surface area contributed by atoms with Gasteiger partial charge in [0.15, 0.2) is 0 Å². The Balaban J connectivity index is 1.40. The number of amides is 2. The third-order valence-electron chi connectivity index (χ3n) is 6.41. The fourth-order valence-electron chi connectivity index (χ4n) is 4.54. The maximum atomic E-state index is 13.0. The second-order valence-electron chi connectivity index (χ2n) is 8.92. The molecule has 1 aliphatic heterocycles. The zero-order valence-corrected chi connectivity index (χ0v) is 20.3. The molecule has 7 nitrogen and oxygen atoms in total. The molecule has 1 aliphatic rings. The highest BCUT2D eigenvalue weighted by atomic mass is 35.5. The lowest BCUT2D eigenvalue weighted by atomic mass is 9.97. The molecule has 3 N–H and O–H groups in total. The Morgan fingerprint density at radius 3 is 2.56 bits per heavy atom. The molecule has 178 valence electrons. The van der Waals surface area contributed by atoms with Gasteiger partial charge in [0, 0.05) is 29.5 Å². The van der Waals surface area contributed by atoms with Crippen molar-refractivity contribution in [1.29, 1.82) is 0 Å². The molecule has 0 aliphatic carbocycles. The number of nitrogens with zero attached hydrogens (tertiary/aromatic N) is 3. The first-order valence-corrected chi connectivity index (χ1v) is 11.9.